The van der Waals surface area contributed by atoms with Crippen LogP contribution < -0.4 is 0 Å². The fourth-order valence-corrected chi connectivity index (χ4v) is 0.757. The van der Waals surface area contributed by atoms with Crippen LogP contribution in [0.5, 0.6) is 0 Å². The van der Waals surface area contributed by atoms with Crippen molar-refractivity contribution < 1.29 is 0 Å². The minimum atomic E-state index is 0. The summed E-state index contributed by atoms with van der Waals surface area (Å²) < 4.78 is 0. The lowest BCUT2D eigenvalue weighted by Crippen LogP contribution is -1.65. The molecule has 1 heteroatoms. The van der Waals surface area contributed by atoms with Crippen LogP contribution in [0.15, 0.2) is 36.4 Å². The van der Waals surface area contributed by atoms with Gasteiger partial charge in [0.25, 0.3) is 0 Å². The fraction of sp³-hybridized carbons (Fsp3) is 0.111. The first kappa shape index (κ1) is 9.31. The van der Waals surface area contributed by atoms with Gasteiger partial charge in [-0.2, -0.15) is 13.5 Å². The summed E-state index contributed by atoms with van der Waals surface area (Å²) >= 11 is 0. The van der Waals surface area contributed by atoms with E-state index >= 15 is 0 Å². The third kappa shape index (κ3) is 2.74. The van der Waals surface area contributed by atoms with E-state index in [-0.39, 0.29) is 13.5 Å². The van der Waals surface area contributed by atoms with Gasteiger partial charge < -0.3 is 0 Å². The molecule has 0 N–H and O–H groups in total. The van der Waals surface area contributed by atoms with Gasteiger partial charge in [-0.05, 0) is 12.5 Å². The van der Waals surface area contributed by atoms with Crippen molar-refractivity contribution in [2.45, 2.75) is 6.92 Å². The van der Waals surface area contributed by atoms with Crippen LogP contribution in [0, 0.1) is 0 Å². The maximum absolute atomic E-state index is 2.08. The Morgan fingerprint density at radius 2 is 1.70 bits per heavy atom. The van der Waals surface area contributed by atoms with Crippen molar-refractivity contribution in [2.24, 2.45) is 0 Å². The summed E-state index contributed by atoms with van der Waals surface area (Å²) in [6.07, 6.45) is 4.12. The Kier molecular flexibility index (Phi) is 4.77. The highest BCUT2D eigenvalue weighted by molar-refractivity contribution is 7.59. The second kappa shape index (κ2) is 5.12. The summed E-state index contributed by atoms with van der Waals surface area (Å²) in [6, 6.07) is 10.3. The van der Waals surface area contributed by atoms with Crippen LogP contribution in [0.2, 0.25) is 0 Å². The van der Waals surface area contributed by atoms with Crippen molar-refractivity contribution in [2.75, 3.05) is 0 Å². The molecule has 0 atom stereocenters. The summed E-state index contributed by atoms with van der Waals surface area (Å²) in [5, 5.41) is 0. The van der Waals surface area contributed by atoms with Crippen molar-refractivity contribution in [1.29, 1.82) is 0 Å². The zero-order valence-corrected chi connectivity index (χ0v) is 7.04. The standard InChI is InChI=1S/C9H10.H2S/c1-2-6-9-7-4-3-5-8-9;/h2-8H,1H3;1H2. The topological polar surface area (TPSA) is 0 Å². The van der Waals surface area contributed by atoms with Crippen LogP contribution in [0.4, 0.5) is 0 Å². The first-order chi connectivity index (χ1) is 4.43. The van der Waals surface area contributed by atoms with Gasteiger partial charge in [0.1, 0.15) is 0 Å². The Hall–Kier alpha value is -0.690. The molecule has 0 aliphatic carbocycles. The Labute approximate surface area is 69.0 Å². The van der Waals surface area contributed by atoms with Crippen molar-refractivity contribution in [3.8, 4) is 0 Å². The van der Waals surface area contributed by atoms with Crippen molar-refractivity contribution in [3.63, 3.8) is 0 Å². The molecule has 54 valence electrons. The predicted molar refractivity (Wildman–Crippen MR) is 51.5 cm³/mol. The molecule has 0 spiro atoms. The van der Waals surface area contributed by atoms with Crippen LogP contribution in [0.1, 0.15) is 12.5 Å². The Morgan fingerprint density at radius 1 is 1.10 bits per heavy atom. The molecule has 0 saturated carbocycles. The van der Waals surface area contributed by atoms with Crippen molar-refractivity contribution >= 4 is 19.6 Å². The monoisotopic (exact) mass is 152 g/mol. The summed E-state index contributed by atoms with van der Waals surface area (Å²) in [5.41, 5.74) is 1.26. The van der Waals surface area contributed by atoms with E-state index in [1.54, 1.807) is 0 Å². The maximum atomic E-state index is 2.08. The lowest BCUT2D eigenvalue weighted by Gasteiger charge is -1.86. The average Bonchev–Trinajstić information content (AvgIpc) is 1.91. The van der Waals surface area contributed by atoms with Crippen LogP contribution in [-0.4, -0.2) is 0 Å². The molecule has 0 aliphatic rings. The molecule has 1 rings (SSSR count). The first-order valence-electron chi connectivity index (χ1n) is 3.11. The summed E-state index contributed by atoms with van der Waals surface area (Å²) in [6.45, 7) is 2.02. The molecule has 10 heavy (non-hydrogen) atoms. The van der Waals surface area contributed by atoms with E-state index in [1.165, 1.54) is 5.56 Å². The normalized spacial score (nSPS) is 9.30. The number of benzene rings is 1. The quantitative estimate of drug-likeness (QED) is 0.580. The molecular weight excluding hydrogens is 140 g/mol. The minimum absolute atomic E-state index is 0. The minimum Gasteiger partial charge on any atom is -0.197 e. The third-order valence-electron chi connectivity index (χ3n) is 1.16. The van der Waals surface area contributed by atoms with Gasteiger partial charge in [-0.1, -0.05) is 42.5 Å². The molecule has 0 radical (unpaired) electrons. The van der Waals surface area contributed by atoms with Gasteiger partial charge in [0.15, 0.2) is 0 Å². The molecule has 0 bridgehead atoms. The lowest BCUT2D eigenvalue weighted by molar-refractivity contribution is 1.64. The Balaban J connectivity index is 0.000000810. The summed E-state index contributed by atoms with van der Waals surface area (Å²) in [5.74, 6) is 0. The van der Waals surface area contributed by atoms with E-state index in [1.807, 2.05) is 31.2 Å². The highest BCUT2D eigenvalue weighted by Crippen LogP contribution is 1.99. The first-order valence-corrected chi connectivity index (χ1v) is 3.11. The van der Waals surface area contributed by atoms with E-state index in [4.69, 9.17) is 0 Å². The molecule has 0 amide bonds. The average molecular weight is 152 g/mol. The van der Waals surface area contributed by atoms with E-state index in [9.17, 15) is 0 Å². The highest BCUT2D eigenvalue weighted by atomic mass is 32.1. The number of hydrogen-bond donors (Lipinski definition) is 0. The molecule has 0 saturated heterocycles. The SMILES string of the molecule is CC=Cc1ccccc1.S. The van der Waals surface area contributed by atoms with Crippen molar-refractivity contribution in [3.05, 3.63) is 42.0 Å². The van der Waals surface area contributed by atoms with Gasteiger partial charge in [0.2, 0.25) is 0 Å². The third-order valence-corrected chi connectivity index (χ3v) is 1.16. The van der Waals surface area contributed by atoms with Crippen LogP contribution in [-0.2, 0) is 0 Å². The molecule has 0 heterocycles. The fourth-order valence-electron chi connectivity index (χ4n) is 0.757. The van der Waals surface area contributed by atoms with Gasteiger partial charge in [-0.3, -0.25) is 0 Å². The number of allylic oxidation sites excluding steroid dienone is 1. The van der Waals surface area contributed by atoms with Gasteiger partial charge in [0.05, 0.1) is 0 Å². The number of hydrogen-bond acceptors (Lipinski definition) is 0. The van der Waals surface area contributed by atoms with Crippen molar-refractivity contribution in [1.82, 2.24) is 0 Å². The smallest absolute Gasteiger partial charge is 0.0260 e. The molecular formula is C9H12S. The van der Waals surface area contributed by atoms with E-state index in [0.29, 0.717) is 0 Å². The van der Waals surface area contributed by atoms with E-state index in [2.05, 4.69) is 18.2 Å². The largest absolute Gasteiger partial charge is 0.197 e. The molecule has 0 aromatic heterocycles. The zero-order valence-electron chi connectivity index (χ0n) is 6.04. The van der Waals surface area contributed by atoms with Gasteiger partial charge >= 0.3 is 0 Å². The number of rotatable bonds is 1. The van der Waals surface area contributed by atoms with Gasteiger partial charge in [-0.15, -0.1) is 0 Å². The predicted octanol–water partition coefficient (Wildman–Crippen LogP) is 2.83. The molecule has 1 aromatic carbocycles. The molecule has 0 nitrogen and oxygen atoms in total. The second-order valence-electron chi connectivity index (χ2n) is 1.91. The molecule has 0 fully saturated rings. The van der Waals surface area contributed by atoms with Crippen LogP contribution >= 0.6 is 13.5 Å². The van der Waals surface area contributed by atoms with E-state index in [0.717, 1.165) is 0 Å². The highest BCUT2D eigenvalue weighted by Gasteiger charge is 1.77. The van der Waals surface area contributed by atoms with Crippen LogP contribution in [0.3, 0.4) is 0 Å². The molecule has 0 unspecified atom stereocenters. The maximum Gasteiger partial charge on any atom is -0.0260 e. The lowest BCUT2D eigenvalue weighted by atomic mass is 10.2. The Bertz CT molecular complexity index is 189. The van der Waals surface area contributed by atoms with Gasteiger partial charge in [0, 0.05) is 0 Å². The summed E-state index contributed by atoms with van der Waals surface area (Å²) in [4.78, 5) is 0. The zero-order chi connectivity index (χ0) is 6.53. The summed E-state index contributed by atoms with van der Waals surface area (Å²) in [7, 11) is 0. The van der Waals surface area contributed by atoms with Gasteiger partial charge in [-0.25, -0.2) is 0 Å². The van der Waals surface area contributed by atoms with E-state index < -0.39 is 0 Å². The molecule has 0 aliphatic heterocycles. The Morgan fingerprint density at radius 3 is 2.20 bits per heavy atom. The second-order valence-corrected chi connectivity index (χ2v) is 1.91. The molecule has 1 aromatic rings. The van der Waals surface area contributed by atoms with Crippen LogP contribution in [0.25, 0.3) is 6.08 Å².